The van der Waals surface area contributed by atoms with Crippen LogP contribution in [0.25, 0.3) is 0 Å². The largest absolute Gasteiger partial charge is 0.465 e. The summed E-state index contributed by atoms with van der Waals surface area (Å²) in [4.78, 5) is 25.5. The lowest BCUT2D eigenvalue weighted by atomic mass is 9.92. The van der Waals surface area contributed by atoms with Crippen molar-refractivity contribution in [2.45, 2.75) is 31.6 Å². The second-order valence-electron chi connectivity index (χ2n) is 6.58. The lowest BCUT2D eigenvalue weighted by Crippen LogP contribution is -2.44. The van der Waals surface area contributed by atoms with Gasteiger partial charge in [-0.15, -0.1) is 0 Å². The minimum atomic E-state index is -0.357. The number of methoxy groups -OCH3 is 1. The summed E-state index contributed by atoms with van der Waals surface area (Å²) in [5.74, 6) is -0.230. The first-order valence-corrected chi connectivity index (χ1v) is 9.59. The van der Waals surface area contributed by atoms with Gasteiger partial charge in [-0.25, -0.2) is 4.79 Å². The van der Waals surface area contributed by atoms with E-state index in [9.17, 15) is 9.59 Å². The molecule has 0 radical (unpaired) electrons. The fraction of sp³-hybridized carbons (Fsp3) is 0.333. The third kappa shape index (κ3) is 4.57. The quantitative estimate of drug-likeness (QED) is 0.668. The van der Waals surface area contributed by atoms with Gasteiger partial charge in [0.2, 0.25) is 5.91 Å². The number of rotatable bonds is 5. The van der Waals surface area contributed by atoms with Crippen LogP contribution in [0.3, 0.4) is 0 Å². The fourth-order valence-corrected chi connectivity index (χ4v) is 3.78. The van der Waals surface area contributed by atoms with E-state index in [1.807, 2.05) is 43.4 Å². The zero-order valence-electron chi connectivity index (χ0n) is 15.4. The third-order valence-corrected chi connectivity index (χ3v) is 5.33. The summed E-state index contributed by atoms with van der Waals surface area (Å²) in [5.41, 5.74) is 2.53. The Bertz CT molecular complexity index is 821. The molecule has 0 spiro atoms. The van der Waals surface area contributed by atoms with Crippen molar-refractivity contribution in [2.75, 3.05) is 14.2 Å². The Morgan fingerprint density at radius 1 is 1.22 bits per heavy atom. The molecule has 6 heteroatoms. The highest BCUT2D eigenvalue weighted by Gasteiger charge is 2.35. The number of carbonyl (C=O) groups excluding carboxylic acids is 2. The van der Waals surface area contributed by atoms with Gasteiger partial charge in [0, 0.05) is 17.9 Å². The van der Waals surface area contributed by atoms with Crippen LogP contribution in [0.2, 0.25) is 0 Å². The van der Waals surface area contributed by atoms with Crippen LogP contribution in [0.5, 0.6) is 0 Å². The second-order valence-corrected chi connectivity index (χ2v) is 7.50. The highest BCUT2D eigenvalue weighted by Crippen LogP contribution is 2.34. The minimum absolute atomic E-state index is 0.0951. The molecule has 142 valence electrons. The predicted octanol–water partition coefficient (Wildman–Crippen LogP) is 4.11. The summed E-state index contributed by atoms with van der Waals surface area (Å²) in [5, 5.41) is 0. The van der Waals surface area contributed by atoms with Gasteiger partial charge >= 0.3 is 5.97 Å². The average Bonchev–Trinajstić information content (AvgIpc) is 2.68. The molecule has 0 aliphatic carbocycles. The summed E-state index contributed by atoms with van der Waals surface area (Å²) in [6.07, 6.45) is 1.07. The van der Waals surface area contributed by atoms with Crippen LogP contribution in [0.4, 0.5) is 0 Å². The normalized spacial score (nSPS) is 19.8. The molecule has 1 heterocycles. The first kappa shape index (κ1) is 19.6. The SMILES string of the molecule is COC(=O)c1ccc(CO[C@H]2CCC(=O)N(C)[C@@H]2c2cccc(Br)c2)cc1. The molecule has 2 aromatic rings. The zero-order chi connectivity index (χ0) is 19.4. The molecule has 1 aliphatic rings. The van der Waals surface area contributed by atoms with E-state index in [0.29, 0.717) is 25.0 Å². The van der Waals surface area contributed by atoms with Gasteiger partial charge in [0.05, 0.1) is 31.4 Å². The lowest BCUT2D eigenvalue weighted by molar-refractivity contribution is -0.143. The van der Waals surface area contributed by atoms with Gasteiger partial charge < -0.3 is 14.4 Å². The fourth-order valence-electron chi connectivity index (χ4n) is 3.37. The van der Waals surface area contributed by atoms with Crippen molar-refractivity contribution in [1.29, 1.82) is 0 Å². The number of benzene rings is 2. The Hall–Kier alpha value is -2.18. The van der Waals surface area contributed by atoms with E-state index >= 15 is 0 Å². The molecule has 3 rings (SSSR count). The first-order valence-electron chi connectivity index (χ1n) is 8.79. The van der Waals surface area contributed by atoms with Gasteiger partial charge in [-0.3, -0.25) is 4.79 Å². The van der Waals surface area contributed by atoms with Gasteiger partial charge in [0.15, 0.2) is 0 Å². The monoisotopic (exact) mass is 431 g/mol. The molecule has 1 amide bonds. The van der Waals surface area contributed by atoms with E-state index < -0.39 is 0 Å². The maximum Gasteiger partial charge on any atom is 0.337 e. The molecule has 5 nitrogen and oxygen atoms in total. The van der Waals surface area contributed by atoms with Crippen LogP contribution in [0.1, 0.15) is 40.4 Å². The number of piperidine rings is 1. The molecule has 0 bridgehead atoms. The molecule has 0 aromatic heterocycles. The highest BCUT2D eigenvalue weighted by molar-refractivity contribution is 9.10. The number of likely N-dealkylation sites (tertiary alicyclic amines) is 1. The number of carbonyl (C=O) groups is 2. The van der Waals surface area contributed by atoms with Crippen LogP contribution >= 0.6 is 15.9 Å². The van der Waals surface area contributed by atoms with Crippen LogP contribution in [0.15, 0.2) is 53.0 Å². The Balaban J connectivity index is 1.73. The predicted molar refractivity (Wildman–Crippen MR) is 105 cm³/mol. The maximum absolute atomic E-state index is 12.2. The molecule has 0 unspecified atom stereocenters. The number of hydrogen-bond acceptors (Lipinski definition) is 4. The number of esters is 1. The van der Waals surface area contributed by atoms with Crippen molar-refractivity contribution < 1.29 is 19.1 Å². The number of likely N-dealkylation sites (N-methyl/N-ethyl adjacent to an activating group) is 1. The summed E-state index contributed by atoms with van der Waals surface area (Å²) < 4.78 is 11.9. The van der Waals surface area contributed by atoms with Gasteiger partial charge in [0.1, 0.15) is 0 Å². The molecule has 1 saturated heterocycles. The minimum Gasteiger partial charge on any atom is -0.465 e. The summed E-state index contributed by atoms with van der Waals surface area (Å²) in [6.45, 7) is 0.415. The Kier molecular flexibility index (Phi) is 6.29. The second kappa shape index (κ2) is 8.67. The van der Waals surface area contributed by atoms with Gasteiger partial charge in [-0.05, 0) is 41.8 Å². The van der Waals surface area contributed by atoms with E-state index in [1.165, 1.54) is 7.11 Å². The lowest BCUT2D eigenvalue weighted by Gasteiger charge is -2.39. The van der Waals surface area contributed by atoms with Gasteiger partial charge in [-0.2, -0.15) is 0 Å². The van der Waals surface area contributed by atoms with E-state index in [4.69, 9.17) is 9.47 Å². The molecular formula is C21H22BrNO4. The third-order valence-electron chi connectivity index (χ3n) is 4.83. The molecule has 1 aliphatic heterocycles. The van der Waals surface area contributed by atoms with Crippen molar-refractivity contribution in [3.63, 3.8) is 0 Å². The van der Waals surface area contributed by atoms with Crippen molar-refractivity contribution in [2.24, 2.45) is 0 Å². The van der Waals surface area contributed by atoms with Crippen LogP contribution in [-0.4, -0.2) is 37.0 Å². The smallest absolute Gasteiger partial charge is 0.337 e. The van der Waals surface area contributed by atoms with Gasteiger partial charge in [-0.1, -0.05) is 40.2 Å². The van der Waals surface area contributed by atoms with Crippen molar-refractivity contribution in [3.8, 4) is 0 Å². The summed E-state index contributed by atoms with van der Waals surface area (Å²) in [6, 6.07) is 15.0. The number of amides is 1. The number of halogens is 1. The van der Waals surface area contributed by atoms with Crippen molar-refractivity contribution >= 4 is 27.8 Å². The molecule has 0 N–H and O–H groups in total. The van der Waals surface area contributed by atoms with Crippen molar-refractivity contribution in [3.05, 3.63) is 69.7 Å². The van der Waals surface area contributed by atoms with Crippen LogP contribution in [-0.2, 0) is 20.9 Å². The van der Waals surface area contributed by atoms with E-state index in [1.54, 1.807) is 17.0 Å². The highest BCUT2D eigenvalue weighted by atomic mass is 79.9. The molecule has 0 saturated carbocycles. The molecule has 2 aromatic carbocycles. The van der Waals surface area contributed by atoms with E-state index in [2.05, 4.69) is 15.9 Å². The standard InChI is InChI=1S/C21H22BrNO4/c1-23-19(24)11-10-18(20(23)16-4-3-5-17(22)12-16)27-13-14-6-8-15(9-7-14)21(25)26-2/h3-9,12,18,20H,10-11,13H2,1-2H3/t18-,20+/m0/s1. The Morgan fingerprint density at radius 2 is 1.96 bits per heavy atom. The number of hydrogen-bond donors (Lipinski definition) is 0. The topological polar surface area (TPSA) is 55.8 Å². The number of nitrogens with zero attached hydrogens (tertiary/aromatic N) is 1. The van der Waals surface area contributed by atoms with E-state index in [-0.39, 0.29) is 24.0 Å². The maximum atomic E-state index is 12.2. The van der Waals surface area contributed by atoms with Crippen LogP contribution in [0, 0.1) is 0 Å². The summed E-state index contributed by atoms with van der Waals surface area (Å²) >= 11 is 3.50. The molecule has 27 heavy (non-hydrogen) atoms. The molecule has 2 atom stereocenters. The Morgan fingerprint density at radius 3 is 2.63 bits per heavy atom. The van der Waals surface area contributed by atoms with Gasteiger partial charge in [0.25, 0.3) is 0 Å². The molecular weight excluding hydrogens is 410 g/mol. The first-order chi connectivity index (χ1) is 13.0. The zero-order valence-corrected chi connectivity index (χ0v) is 16.9. The average molecular weight is 432 g/mol. The summed E-state index contributed by atoms with van der Waals surface area (Å²) in [7, 11) is 3.19. The van der Waals surface area contributed by atoms with E-state index in [0.717, 1.165) is 15.6 Å². The number of ether oxygens (including phenoxy) is 2. The van der Waals surface area contributed by atoms with Crippen LogP contribution < -0.4 is 0 Å². The Labute approximate surface area is 167 Å². The molecule has 1 fully saturated rings. The van der Waals surface area contributed by atoms with Crippen molar-refractivity contribution in [1.82, 2.24) is 4.90 Å².